The molecule has 0 radical (unpaired) electrons. The molecule has 2 aromatic heterocycles. The molecule has 0 spiro atoms. The molecule has 1 atom stereocenters. The van der Waals surface area contributed by atoms with Crippen molar-refractivity contribution in [1.29, 1.82) is 0 Å². The van der Waals surface area contributed by atoms with E-state index < -0.39 is 0 Å². The van der Waals surface area contributed by atoms with Gasteiger partial charge in [-0.2, -0.15) is 0 Å². The van der Waals surface area contributed by atoms with E-state index in [9.17, 15) is 4.79 Å². The number of ether oxygens (including phenoxy) is 1. The molecule has 1 saturated heterocycles. The number of carbonyl (C=O) groups is 1. The van der Waals surface area contributed by atoms with E-state index in [2.05, 4.69) is 22.9 Å². The zero-order valence-electron chi connectivity index (χ0n) is 15.3. The quantitative estimate of drug-likeness (QED) is 0.842. The average Bonchev–Trinajstić information content (AvgIpc) is 2.99. The first kappa shape index (κ1) is 17.9. The molecule has 25 heavy (non-hydrogen) atoms. The normalized spacial score (nSPS) is 17.6. The number of anilines is 1. The molecule has 0 N–H and O–H groups in total. The fourth-order valence-electron chi connectivity index (χ4n) is 2.99. The molecule has 1 amide bonds. The largest absolute Gasteiger partial charge is 0.378 e. The highest BCUT2D eigenvalue weighted by Gasteiger charge is 2.27. The van der Waals surface area contributed by atoms with E-state index >= 15 is 0 Å². The van der Waals surface area contributed by atoms with Gasteiger partial charge in [0.25, 0.3) is 0 Å². The first-order chi connectivity index (χ1) is 11.9. The third-order valence-electron chi connectivity index (χ3n) is 4.34. The number of hydrogen-bond donors (Lipinski definition) is 0. The van der Waals surface area contributed by atoms with Gasteiger partial charge in [-0.05, 0) is 38.1 Å². The molecule has 0 bridgehead atoms. The van der Waals surface area contributed by atoms with Crippen molar-refractivity contribution in [2.24, 2.45) is 0 Å². The lowest BCUT2D eigenvalue weighted by molar-refractivity contribution is -0.138. The van der Waals surface area contributed by atoms with E-state index in [1.165, 1.54) is 4.88 Å². The van der Waals surface area contributed by atoms with Crippen LogP contribution in [0.1, 0.15) is 27.2 Å². The van der Waals surface area contributed by atoms with Crippen LogP contribution in [0.4, 0.5) is 5.69 Å². The maximum Gasteiger partial charge on any atom is 0.228 e. The summed E-state index contributed by atoms with van der Waals surface area (Å²) in [5.41, 5.74) is 2.96. The van der Waals surface area contributed by atoms with Crippen molar-refractivity contribution in [3.05, 3.63) is 45.4 Å². The molecule has 1 aliphatic heterocycles. The number of amides is 1. The van der Waals surface area contributed by atoms with Crippen LogP contribution in [0.2, 0.25) is 0 Å². The number of aryl methyl sites for hydroxylation is 2. The maximum atomic E-state index is 12.6. The lowest BCUT2D eigenvalue weighted by atomic mass is 10.1. The van der Waals surface area contributed by atoms with E-state index in [-0.39, 0.29) is 12.0 Å². The van der Waals surface area contributed by atoms with Gasteiger partial charge in [0, 0.05) is 41.8 Å². The summed E-state index contributed by atoms with van der Waals surface area (Å²) in [5, 5.41) is 0. The third-order valence-corrected chi connectivity index (χ3v) is 5.35. The second-order valence-electron chi connectivity index (χ2n) is 6.67. The third kappa shape index (κ3) is 4.38. The highest BCUT2D eigenvalue weighted by molar-refractivity contribution is 7.12. The van der Waals surface area contributed by atoms with Crippen LogP contribution >= 0.6 is 11.3 Å². The minimum absolute atomic E-state index is 0.163. The van der Waals surface area contributed by atoms with E-state index in [0.29, 0.717) is 26.1 Å². The summed E-state index contributed by atoms with van der Waals surface area (Å²) in [6, 6.07) is 8.21. The topological polar surface area (TPSA) is 45.7 Å². The van der Waals surface area contributed by atoms with Crippen LogP contribution in [-0.2, 0) is 16.0 Å². The fraction of sp³-hybridized carbons (Fsp3) is 0.474. The van der Waals surface area contributed by atoms with Crippen LogP contribution in [0.3, 0.4) is 0 Å². The summed E-state index contributed by atoms with van der Waals surface area (Å²) in [6.07, 6.45) is 0.302. The van der Waals surface area contributed by atoms with E-state index in [1.807, 2.05) is 44.1 Å². The average molecular weight is 359 g/mol. The van der Waals surface area contributed by atoms with Gasteiger partial charge in [-0.1, -0.05) is 0 Å². The predicted octanol–water partition coefficient (Wildman–Crippen LogP) is 2.97. The Morgan fingerprint density at radius 1 is 1.36 bits per heavy atom. The first-order valence-corrected chi connectivity index (χ1v) is 9.34. The summed E-state index contributed by atoms with van der Waals surface area (Å²) in [7, 11) is 4.03. The Labute approximate surface area is 153 Å². The molecular weight excluding hydrogens is 334 g/mol. The fourth-order valence-corrected chi connectivity index (χ4v) is 3.88. The Morgan fingerprint density at radius 3 is 2.84 bits per heavy atom. The molecular formula is C19H25N3O2S. The maximum absolute atomic E-state index is 12.6. The van der Waals surface area contributed by atoms with E-state index in [0.717, 1.165) is 22.0 Å². The van der Waals surface area contributed by atoms with Crippen LogP contribution in [0, 0.1) is 13.8 Å². The number of morpholine rings is 1. The number of thiophene rings is 1. The molecule has 0 unspecified atom stereocenters. The molecule has 5 nitrogen and oxygen atoms in total. The van der Waals surface area contributed by atoms with Gasteiger partial charge in [0.15, 0.2) is 0 Å². The van der Waals surface area contributed by atoms with Crippen molar-refractivity contribution in [3.8, 4) is 0 Å². The number of hydrogen-bond acceptors (Lipinski definition) is 5. The molecule has 3 rings (SSSR count). The Morgan fingerprint density at radius 2 is 2.16 bits per heavy atom. The Hall–Kier alpha value is -1.92. The van der Waals surface area contributed by atoms with Crippen molar-refractivity contribution in [2.45, 2.75) is 26.4 Å². The second kappa shape index (κ2) is 7.54. The van der Waals surface area contributed by atoms with E-state index in [4.69, 9.17) is 4.74 Å². The lowest BCUT2D eigenvalue weighted by Crippen LogP contribution is -2.43. The van der Waals surface area contributed by atoms with Crippen LogP contribution in [0.5, 0.6) is 0 Å². The van der Waals surface area contributed by atoms with Crippen LogP contribution in [0.25, 0.3) is 0 Å². The predicted molar refractivity (Wildman–Crippen MR) is 101 cm³/mol. The second-order valence-corrected chi connectivity index (χ2v) is 8.05. The summed E-state index contributed by atoms with van der Waals surface area (Å²) >= 11 is 1.69. The van der Waals surface area contributed by atoms with E-state index in [1.54, 1.807) is 11.3 Å². The molecule has 0 aliphatic carbocycles. The van der Waals surface area contributed by atoms with Crippen LogP contribution in [0.15, 0.2) is 24.3 Å². The number of pyridine rings is 1. The summed E-state index contributed by atoms with van der Waals surface area (Å²) in [6.45, 7) is 5.81. The first-order valence-electron chi connectivity index (χ1n) is 8.53. The zero-order valence-corrected chi connectivity index (χ0v) is 16.1. The van der Waals surface area contributed by atoms with Crippen molar-refractivity contribution in [2.75, 3.05) is 38.7 Å². The van der Waals surface area contributed by atoms with Gasteiger partial charge in [-0.25, -0.2) is 0 Å². The summed E-state index contributed by atoms with van der Waals surface area (Å²) in [4.78, 5) is 23.6. The minimum atomic E-state index is -0.165. The van der Waals surface area contributed by atoms with Crippen LogP contribution < -0.4 is 4.90 Å². The minimum Gasteiger partial charge on any atom is -0.378 e. The SMILES string of the molecule is Cc1cc(N(C)C)cc([C@@H]2CN(C(=O)Cc3ccc(C)s3)CCO2)n1. The van der Waals surface area contributed by atoms with Gasteiger partial charge in [0.1, 0.15) is 6.10 Å². The van der Waals surface area contributed by atoms with Gasteiger partial charge in [0.2, 0.25) is 5.91 Å². The number of carbonyl (C=O) groups excluding carboxylic acids is 1. The summed E-state index contributed by atoms with van der Waals surface area (Å²) in [5.74, 6) is 0.163. The monoisotopic (exact) mass is 359 g/mol. The Kier molecular flexibility index (Phi) is 5.39. The summed E-state index contributed by atoms with van der Waals surface area (Å²) < 4.78 is 5.92. The molecule has 6 heteroatoms. The molecule has 0 aromatic carbocycles. The van der Waals surface area contributed by atoms with Crippen molar-refractivity contribution in [1.82, 2.24) is 9.88 Å². The van der Waals surface area contributed by atoms with Gasteiger partial charge >= 0.3 is 0 Å². The highest BCUT2D eigenvalue weighted by atomic mass is 32.1. The number of aromatic nitrogens is 1. The van der Waals surface area contributed by atoms with Gasteiger partial charge in [-0.15, -0.1) is 11.3 Å². The lowest BCUT2D eigenvalue weighted by Gasteiger charge is -2.33. The van der Waals surface area contributed by atoms with Crippen molar-refractivity contribution < 1.29 is 9.53 Å². The smallest absolute Gasteiger partial charge is 0.228 e. The standard InChI is InChI=1S/C19H25N3O2S/c1-13-9-15(21(3)4)10-17(20-13)18-12-22(7-8-24-18)19(23)11-16-6-5-14(2)25-16/h5-6,9-10,18H,7-8,11-12H2,1-4H3/t18-/m0/s1. The molecule has 0 saturated carbocycles. The number of rotatable bonds is 4. The highest BCUT2D eigenvalue weighted by Crippen LogP contribution is 2.25. The molecule has 134 valence electrons. The van der Waals surface area contributed by atoms with Crippen LogP contribution in [-0.4, -0.2) is 49.6 Å². The molecule has 2 aromatic rings. The van der Waals surface area contributed by atoms with Crippen molar-refractivity contribution >= 4 is 22.9 Å². The zero-order chi connectivity index (χ0) is 18.0. The van der Waals surface area contributed by atoms with Gasteiger partial charge in [0.05, 0.1) is 25.3 Å². The van der Waals surface area contributed by atoms with Gasteiger partial charge in [-0.3, -0.25) is 9.78 Å². The molecule has 1 fully saturated rings. The Balaban J connectivity index is 1.71. The molecule has 1 aliphatic rings. The molecule has 3 heterocycles. The van der Waals surface area contributed by atoms with Crippen molar-refractivity contribution in [3.63, 3.8) is 0 Å². The Bertz CT molecular complexity index is 757. The van der Waals surface area contributed by atoms with Gasteiger partial charge < -0.3 is 14.5 Å². The number of nitrogens with zero attached hydrogens (tertiary/aromatic N) is 3.